The number of alkyl halides is 3. The van der Waals surface area contributed by atoms with Crippen LogP contribution in [-0.2, 0) is 9.84 Å². The Morgan fingerprint density at radius 1 is 1.19 bits per heavy atom. The second kappa shape index (κ2) is 7.15. The van der Waals surface area contributed by atoms with Crippen molar-refractivity contribution < 1.29 is 31.1 Å². The van der Waals surface area contributed by atoms with Crippen LogP contribution in [0.1, 0.15) is 25.5 Å². The Morgan fingerprint density at radius 3 is 2.52 bits per heavy atom. The molecule has 0 bridgehead atoms. The maximum absolute atomic E-state index is 13.4. The van der Waals surface area contributed by atoms with Gasteiger partial charge in [-0.3, -0.25) is 0 Å². The van der Waals surface area contributed by atoms with Gasteiger partial charge in [0.1, 0.15) is 23.5 Å². The van der Waals surface area contributed by atoms with E-state index in [2.05, 4.69) is 4.98 Å². The van der Waals surface area contributed by atoms with Crippen LogP contribution >= 0.6 is 0 Å². The van der Waals surface area contributed by atoms with E-state index in [9.17, 15) is 26.8 Å². The molecule has 0 spiro atoms. The lowest BCUT2D eigenvalue weighted by Gasteiger charge is -2.21. The summed E-state index contributed by atoms with van der Waals surface area (Å²) in [6.45, 7) is 2.55. The molecule has 6 nitrogen and oxygen atoms in total. The van der Waals surface area contributed by atoms with Crippen LogP contribution in [0.15, 0.2) is 41.4 Å². The van der Waals surface area contributed by atoms with Crippen molar-refractivity contribution in [1.82, 2.24) is 4.98 Å². The number of aromatic amines is 1. The number of aromatic nitrogens is 2. The van der Waals surface area contributed by atoms with Crippen molar-refractivity contribution in [3.63, 3.8) is 0 Å². The Kier molecular flexibility index (Phi) is 4.95. The monoisotopic (exact) mass is 454 g/mol. The van der Waals surface area contributed by atoms with E-state index in [1.54, 1.807) is 25.3 Å². The Balaban J connectivity index is 1.86. The predicted molar refractivity (Wildman–Crippen MR) is 108 cm³/mol. The highest BCUT2D eigenvalue weighted by atomic mass is 32.2. The van der Waals surface area contributed by atoms with Gasteiger partial charge in [0.15, 0.2) is 9.84 Å². The summed E-state index contributed by atoms with van der Waals surface area (Å²) in [6.07, 6.45) is -2.81. The molecule has 0 radical (unpaired) electrons. The number of H-pyrrole nitrogens is 1. The first-order chi connectivity index (χ1) is 14.5. The number of benzene rings is 1. The number of pyridine rings is 1. The summed E-state index contributed by atoms with van der Waals surface area (Å²) >= 11 is 0. The molecule has 0 atom stereocenters. The molecule has 1 N–H and O–H groups in total. The molecular weight excluding hydrogens is 433 g/mol. The number of nitrogens with zero attached hydrogens (tertiary/aromatic N) is 1. The van der Waals surface area contributed by atoms with Gasteiger partial charge in [0.25, 0.3) is 5.65 Å². The molecule has 31 heavy (non-hydrogen) atoms. The summed E-state index contributed by atoms with van der Waals surface area (Å²) in [6, 6.07) is 7.35. The molecule has 0 unspecified atom stereocenters. The molecule has 1 aliphatic carbocycles. The first-order valence-corrected chi connectivity index (χ1v) is 11.4. The molecule has 0 amide bonds. The lowest BCUT2D eigenvalue weighted by Crippen LogP contribution is -2.31. The average molecular weight is 454 g/mol. The van der Waals surface area contributed by atoms with Crippen LogP contribution in [0, 0.1) is 17.5 Å². The second-order valence-electron chi connectivity index (χ2n) is 7.86. The molecule has 4 rings (SSSR count). The van der Waals surface area contributed by atoms with Crippen molar-refractivity contribution in [2.24, 2.45) is 5.41 Å². The summed E-state index contributed by atoms with van der Waals surface area (Å²) in [4.78, 5) is 2.88. The summed E-state index contributed by atoms with van der Waals surface area (Å²) in [5.41, 5.74) is -0.444. The standard InChI is InChI=1S/C21H21F3N2O4S/c1-3-31(28,29)14-4-5-18(30-12-20(7-8-20)21(22,23)24)17(11-14)16-10-13(2)26(27)19-15(16)6-9-25-19/h4-6,9-11,25H,3,7-8,12H2,1-2H3. The number of hydrogen-bond acceptors (Lipinski definition) is 4. The fourth-order valence-electron chi connectivity index (χ4n) is 3.57. The zero-order valence-corrected chi connectivity index (χ0v) is 17.7. The molecule has 0 aliphatic heterocycles. The third-order valence-electron chi connectivity index (χ3n) is 5.83. The molecule has 1 saturated carbocycles. The molecule has 1 aromatic carbocycles. The molecular formula is C21H21F3N2O4S. The predicted octanol–water partition coefficient (Wildman–Crippen LogP) is 4.29. The van der Waals surface area contributed by atoms with E-state index in [4.69, 9.17) is 4.74 Å². The summed E-state index contributed by atoms with van der Waals surface area (Å²) < 4.78 is 71.3. The van der Waals surface area contributed by atoms with Gasteiger partial charge in [0, 0.05) is 11.1 Å². The van der Waals surface area contributed by atoms with Crippen LogP contribution in [-0.4, -0.2) is 31.9 Å². The normalized spacial score (nSPS) is 15.9. The third kappa shape index (κ3) is 3.62. The van der Waals surface area contributed by atoms with Crippen molar-refractivity contribution in [2.75, 3.05) is 12.4 Å². The number of sulfone groups is 1. The van der Waals surface area contributed by atoms with E-state index < -0.39 is 28.0 Å². The Hall–Kier alpha value is -2.75. The highest BCUT2D eigenvalue weighted by Gasteiger charge is 2.63. The van der Waals surface area contributed by atoms with Crippen molar-refractivity contribution in [3.05, 3.63) is 47.4 Å². The molecule has 1 fully saturated rings. The number of hydrogen-bond donors (Lipinski definition) is 1. The van der Waals surface area contributed by atoms with E-state index in [-0.39, 0.29) is 34.9 Å². The van der Waals surface area contributed by atoms with Crippen LogP contribution < -0.4 is 9.47 Å². The molecule has 10 heteroatoms. The lowest BCUT2D eigenvalue weighted by atomic mass is 10.0. The molecule has 0 saturated heterocycles. The van der Waals surface area contributed by atoms with Gasteiger partial charge in [-0.25, -0.2) is 18.1 Å². The van der Waals surface area contributed by atoms with Gasteiger partial charge in [-0.1, -0.05) is 6.92 Å². The molecule has 2 heterocycles. The Bertz CT molecular complexity index is 1260. The number of aryl methyl sites for hydroxylation is 1. The van der Waals surface area contributed by atoms with Crippen molar-refractivity contribution in [2.45, 2.75) is 37.8 Å². The summed E-state index contributed by atoms with van der Waals surface area (Å²) in [7, 11) is -3.57. The van der Waals surface area contributed by atoms with E-state index in [1.165, 1.54) is 25.1 Å². The lowest BCUT2D eigenvalue weighted by molar-refractivity contribution is -0.586. The van der Waals surface area contributed by atoms with Gasteiger partial charge in [-0.15, -0.1) is 0 Å². The van der Waals surface area contributed by atoms with Crippen molar-refractivity contribution in [3.8, 4) is 16.9 Å². The van der Waals surface area contributed by atoms with Crippen LogP contribution in [0.2, 0.25) is 0 Å². The number of halogens is 3. The zero-order chi connectivity index (χ0) is 22.6. The van der Waals surface area contributed by atoms with Crippen LogP contribution in [0.3, 0.4) is 0 Å². The minimum atomic E-state index is -4.37. The van der Waals surface area contributed by atoms with E-state index >= 15 is 0 Å². The highest BCUT2D eigenvalue weighted by molar-refractivity contribution is 7.91. The smallest absolute Gasteiger partial charge is 0.397 e. The molecule has 3 aromatic rings. The maximum Gasteiger partial charge on any atom is 0.397 e. The van der Waals surface area contributed by atoms with Gasteiger partial charge in [-0.05, 0) is 50.1 Å². The minimum absolute atomic E-state index is 0.00316. The molecule has 166 valence electrons. The summed E-state index contributed by atoms with van der Waals surface area (Å²) in [5, 5.41) is 12.8. The summed E-state index contributed by atoms with van der Waals surface area (Å²) in [5.74, 6) is 0.00809. The van der Waals surface area contributed by atoms with Crippen LogP contribution in [0.4, 0.5) is 13.2 Å². The third-order valence-corrected chi connectivity index (χ3v) is 7.56. The second-order valence-corrected chi connectivity index (χ2v) is 10.1. The van der Waals surface area contributed by atoms with E-state index in [0.717, 1.165) is 0 Å². The first-order valence-electron chi connectivity index (χ1n) is 9.76. The minimum Gasteiger partial charge on any atom is -0.710 e. The number of fused-ring (bicyclic) bond motifs is 1. The first kappa shape index (κ1) is 21.5. The zero-order valence-electron chi connectivity index (χ0n) is 16.9. The van der Waals surface area contributed by atoms with E-state index in [0.29, 0.717) is 26.9 Å². The van der Waals surface area contributed by atoms with Crippen LogP contribution in [0.5, 0.6) is 5.75 Å². The van der Waals surface area contributed by atoms with Gasteiger partial charge in [-0.2, -0.15) is 13.2 Å². The number of ether oxygens (including phenoxy) is 1. The largest absolute Gasteiger partial charge is 0.710 e. The quantitative estimate of drug-likeness (QED) is 0.445. The van der Waals surface area contributed by atoms with Crippen molar-refractivity contribution >= 4 is 20.9 Å². The van der Waals surface area contributed by atoms with Gasteiger partial charge < -0.3 is 9.94 Å². The average Bonchev–Trinajstić information content (AvgIpc) is 3.37. The topological polar surface area (TPSA) is 86.1 Å². The van der Waals surface area contributed by atoms with Gasteiger partial charge >= 0.3 is 6.18 Å². The number of nitrogens with one attached hydrogen (secondary N) is 1. The van der Waals surface area contributed by atoms with Crippen LogP contribution in [0.25, 0.3) is 22.2 Å². The fraction of sp³-hybridized carbons (Fsp3) is 0.381. The molecule has 1 aliphatic rings. The fourth-order valence-corrected chi connectivity index (χ4v) is 4.48. The van der Waals surface area contributed by atoms with Crippen molar-refractivity contribution in [1.29, 1.82) is 0 Å². The Labute approximate surface area is 177 Å². The van der Waals surface area contributed by atoms with Gasteiger partial charge in [0.05, 0.1) is 22.2 Å². The molecule has 2 aromatic heterocycles. The van der Waals surface area contributed by atoms with Gasteiger partial charge in [0.2, 0.25) is 0 Å². The Morgan fingerprint density at radius 2 is 1.90 bits per heavy atom. The number of rotatable bonds is 6. The highest BCUT2D eigenvalue weighted by Crippen LogP contribution is 2.57. The SMILES string of the molecule is CCS(=O)(=O)c1ccc(OCC2(C(F)(F)F)CC2)c(-c2cc(C)[n+]([O-])c3[nH]ccc23)c1. The van der Waals surface area contributed by atoms with E-state index in [1.807, 2.05) is 0 Å². The maximum atomic E-state index is 13.4.